The lowest BCUT2D eigenvalue weighted by atomic mass is 10.3. The van der Waals surface area contributed by atoms with Crippen LogP contribution in [0.2, 0.25) is 0 Å². The van der Waals surface area contributed by atoms with Crippen LogP contribution >= 0.6 is 23.1 Å². The molecule has 2 aromatic rings. The van der Waals surface area contributed by atoms with E-state index in [9.17, 15) is 13.2 Å². The molecule has 0 saturated carbocycles. The summed E-state index contributed by atoms with van der Waals surface area (Å²) in [6, 6.07) is 5.10. The van der Waals surface area contributed by atoms with Gasteiger partial charge < -0.3 is 5.73 Å². The Bertz CT molecular complexity index is 507. The number of thioether (sulfide) groups is 1. The average Bonchev–Trinajstić information content (AvgIpc) is 2.55. The van der Waals surface area contributed by atoms with Crippen molar-refractivity contribution in [3.63, 3.8) is 0 Å². The summed E-state index contributed by atoms with van der Waals surface area (Å²) in [6.45, 7) is 0. The normalized spacial score (nSPS) is 12.2. The Hall–Kier alpha value is -0.950. The summed E-state index contributed by atoms with van der Waals surface area (Å²) in [5.41, 5.74) is 6.84. The number of alkyl halides is 3. The molecule has 0 aliphatic heterocycles. The topological polar surface area (TPSA) is 38.9 Å². The maximum Gasteiger partial charge on any atom is 0.398 e. The van der Waals surface area contributed by atoms with Crippen molar-refractivity contribution in [3.05, 3.63) is 18.2 Å². The Morgan fingerprint density at radius 2 is 2.12 bits per heavy atom. The van der Waals surface area contributed by atoms with Crippen molar-refractivity contribution in [2.75, 3.05) is 11.5 Å². The van der Waals surface area contributed by atoms with Crippen LogP contribution in [0.15, 0.2) is 22.5 Å². The standard InChI is InChI=1S/C9H7F3N2S2/c10-9(11,12)4-15-8-14-6-2-1-5(13)3-7(6)16-8/h1-3H,4,13H2. The molecule has 0 fully saturated rings. The molecule has 86 valence electrons. The SMILES string of the molecule is Nc1ccc2nc(SCC(F)(F)F)sc2c1. The lowest BCUT2D eigenvalue weighted by Gasteiger charge is -2.02. The second-order valence-electron chi connectivity index (χ2n) is 3.11. The van der Waals surface area contributed by atoms with E-state index in [-0.39, 0.29) is 0 Å². The first kappa shape index (κ1) is 11.5. The van der Waals surface area contributed by atoms with E-state index in [1.54, 1.807) is 18.2 Å². The van der Waals surface area contributed by atoms with Crippen LogP contribution in [-0.4, -0.2) is 16.9 Å². The molecule has 1 aromatic carbocycles. The summed E-state index contributed by atoms with van der Waals surface area (Å²) in [7, 11) is 0. The molecule has 2 nitrogen and oxygen atoms in total. The molecular formula is C9H7F3N2S2. The molecule has 0 aliphatic carbocycles. The first-order valence-electron chi connectivity index (χ1n) is 4.30. The van der Waals surface area contributed by atoms with Gasteiger partial charge in [0.1, 0.15) is 0 Å². The zero-order valence-corrected chi connectivity index (χ0v) is 9.55. The second kappa shape index (κ2) is 4.14. The summed E-state index contributed by atoms with van der Waals surface area (Å²) in [5, 5.41) is 0. The predicted molar refractivity (Wildman–Crippen MR) is 60.8 cm³/mol. The molecule has 0 atom stereocenters. The van der Waals surface area contributed by atoms with Crippen molar-refractivity contribution in [3.8, 4) is 0 Å². The Morgan fingerprint density at radius 1 is 1.38 bits per heavy atom. The number of rotatable bonds is 2. The fraction of sp³-hybridized carbons (Fsp3) is 0.222. The molecule has 0 radical (unpaired) electrons. The largest absolute Gasteiger partial charge is 0.399 e. The van der Waals surface area contributed by atoms with Crippen LogP contribution in [0.3, 0.4) is 0 Å². The van der Waals surface area contributed by atoms with Crippen LogP contribution in [0.1, 0.15) is 0 Å². The van der Waals surface area contributed by atoms with Gasteiger partial charge in [-0.3, -0.25) is 0 Å². The van der Waals surface area contributed by atoms with E-state index in [0.29, 0.717) is 27.3 Å². The number of halogens is 3. The fourth-order valence-corrected chi connectivity index (χ4v) is 3.00. The van der Waals surface area contributed by atoms with E-state index in [2.05, 4.69) is 4.98 Å². The Kier molecular flexibility index (Phi) is 2.98. The third-order valence-corrected chi connectivity index (χ3v) is 3.98. The lowest BCUT2D eigenvalue weighted by molar-refractivity contribution is -0.105. The van der Waals surface area contributed by atoms with Gasteiger partial charge in [-0.25, -0.2) is 4.98 Å². The van der Waals surface area contributed by atoms with E-state index in [0.717, 1.165) is 4.70 Å². The van der Waals surface area contributed by atoms with Crippen LogP contribution < -0.4 is 5.73 Å². The Balaban J connectivity index is 2.20. The number of hydrogen-bond acceptors (Lipinski definition) is 4. The van der Waals surface area contributed by atoms with E-state index in [1.807, 2.05) is 0 Å². The number of fused-ring (bicyclic) bond motifs is 1. The van der Waals surface area contributed by atoms with E-state index in [4.69, 9.17) is 5.73 Å². The maximum atomic E-state index is 12.0. The van der Waals surface area contributed by atoms with Gasteiger partial charge in [-0.2, -0.15) is 13.2 Å². The van der Waals surface area contributed by atoms with Crippen molar-refractivity contribution in [2.45, 2.75) is 10.5 Å². The highest BCUT2D eigenvalue weighted by atomic mass is 32.2. The van der Waals surface area contributed by atoms with Crippen LogP contribution in [0.4, 0.5) is 18.9 Å². The molecule has 0 amide bonds. The molecular weight excluding hydrogens is 257 g/mol. The van der Waals surface area contributed by atoms with Crippen molar-refractivity contribution < 1.29 is 13.2 Å². The first-order chi connectivity index (χ1) is 7.44. The Labute approximate surface area is 97.7 Å². The van der Waals surface area contributed by atoms with Gasteiger partial charge in [-0.05, 0) is 18.2 Å². The zero-order chi connectivity index (χ0) is 11.8. The monoisotopic (exact) mass is 264 g/mol. The number of thiazole rings is 1. The van der Waals surface area contributed by atoms with Gasteiger partial charge in [0.25, 0.3) is 0 Å². The predicted octanol–water partition coefficient (Wildman–Crippen LogP) is 3.53. The molecule has 0 unspecified atom stereocenters. The summed E-state index contributed by atoms with van der Waals surface area (Å²) < 4.78 is 37.2. The molecule has 2 N–H and O–H groups in total. The highest BCUT2D eigenvalue weighted by Gasteiger charge is 2.27. The van der Waals surface area contributed by atoms with Crippen LogP contribution in [-0.2, 0) is 0 Å². The highest BCUT2D eigenvalue weighted by Crippen LogP contribution is 2.33. The number of nitrogens with two attached hydrogens (primary N) is 1. The van der Waals surface area contributed by atoms with Gasteiger partial charge in [0.05, 0.1) is 16.0 Å². The quantitative estimate of drug-likeness (QED) is 0.666. The van der Waals surface area contributed by atoms with Crippen molar-refractivity contribution in [1.82, 2.24) is 4.98 Å². The third kappa shape index (κ3) is 2.79. The molecule has 7 heteroatoms. The van der Waals surface area contributed by atoms with Crippen LogP contribution in [0.25, 0.3) is 10.2 Å². The minimum absolute atomic E-state index is 0.415. The van der Waals surface area contributed by atoms with Crippen LogP contribution in [0, 0.1) is 0 Å². The minimum atomic E-state index is -4.17. The number of benzene rings is 1. The smallest absolute Gasteiger partial charge is 0.398 e. The second-order valence-corrected chi connectivity index (χ2v) is 5.36. The van der Waals surface area contributed by atoms with Crippen LogP contribution in [0.5, 0.6) is 0 Å². The molecule has 1 aromatic heterocycles. The highest BCUT2D eigenvalue weighted by molar-refractivity contribution is 8.01. The third-order valence-electron chi connectivity index (χ3n) is 1.75. The number of nitrogen functional groups attached to an aromatic ring is 1. The fourth-order valence-electron chi connectivity index (χ4n) is 1.13. The zero-order valence-electron chi connectivity index (χ0n) is 7.91. The van der Waals surface area contributed by atoms with E-state index < -0.39 is 11.9 Å². The number of anilines is 1. The molecule has 16 heavy (non-hydrogen) atoms. The Morgan fingerprint density at radius 3 is 2.81 bits per heavy atom. The molecule has 2 rings (SSSR count). The average molecular weight is 264 g/mol. The summed E-state index contributed by atoms with van der Waals surface area (Å²) in [6.07, 6.45) is -4.17. The van der Waals surface area contributed by atoms with Gasteiger partial charge >= 0.3 is 6.18 Å². The number of aromatic nitrogens is 1. The van der Waals surface area contributed by atoms with Gasteiger partial charge in [-0.1, -0.05) is 11.8 Å². The number of hydrogen-bond donors (Lipinski definition) is 1. The van der Waals surface area contributed by atoms with Gasteiger partial charge in [0.15, 0.2) is 4.34 Å². The molecule has 0 bridgehead atoms. The van der Waals surface area contributed by atoms with E-state index in [1.165, 1.54) is 11.3 Å². The summed E-state index contributed by atoms with van der Waals surface area (Å²) in [5.74, 6) is -0.914. The van der Waals surface area contributed by atoms with Gasteiger partial charge in [0.2, 0.25) is 0 Å². The van der Waals surface area contributed by atoms with Crippen molar-refractivity contribution in [2.24, 2.45) is 0 Å². The lowest BCUT2D eigenvalue weighted by Crippen LogP contribution is -2.10. The minimum Gasteiger partial charge on any atom is -0.399 e. The summed E-state index contributed by atoms with van der Waals surface area (Å²) >= 11 is 1.92. The molecule has 0 aliphatic rings. The van der Waals surface area contributed by atoms with Crippen molar-refractivity contribution in [1.29, 1.82) is 0 Å². The van der Waals surface area contributed by atoms with E-state index >= 15 is 0 Å². The maximum absolute atomic E-state index is 12.0. The summed E-state index contributed by atoms with van der Waals surface area (Å²) in [4.78, 5) is 4.08. The first-order valence-corrected chi connectivity index (χ1v) is 6.10. The molecule has 0 saturated heterocycles. The molecule has 0 spiro atoms. The van der Waals surface area contributed by atoms with Gasteiger partial charge in [-0.15, -0.1) is 11.3 Å². The number of nitrogens with zero attached hydrogens (tertiary/aromatic N) is 1. The molecule has 1 heterocycles. The van der Waals surface area contributed by atoms with Gasteiger partial charge in [0, 0.05) is 5.69 Å². The van der Waals surface area contributed by atoms with Crippen molar-refractivity contribution >= 4 is 39.0 Å².